The van der Waals surface area contributed by atoms with Crippen molar-refractivity contribution in [2.24, 2.45) is 0 Å². The Bertz CT molecular complexity index is 650. The number of hydrogen-bond donors (Lipinski definition) is 0. The highest BCUT2D eigenvalue weighted by Gasteiger charge is 2.34. The number of aromatic nitrogens is 2. The fourth-order valence-electron chi connectivity index (χ4n) is 1.90. The lowest BCUT2D eigenvalue weighted by atomic mass is 10.0. The van der Waals surface area contributed by atoms with Gasteiger partial charge in [-0.05, 0) is 24.6 Å². The molecule has 104 valence electrons. The number of aryl methyl sites for hydroxylation is 1. The molecule has 0 saturated heterocycles. The fourth-order valence-corrected chi connectivity index (χ4v) is 1.90. The first kappa shape index (κ1) is 14.1. The number of nitrogens with zero attached hydrogens (tertiary/aromatic N) is 3. The van der Waals surface area contributed by atoms with E-state index in [1.165, 1.54) is 12.1 Å². The van der Waals surface area contributed by atoms with E-state index in [1.54, 1.807) is 23.0 Å². The van der Waals surface area contributed by atoms with Gasteiger partial charge in [0.2, 0.25) is 0 Å². The largest absolute Gasteiger partial charge is 0.417 e. The molecular formula is C14H12F3N3. The number of alkyl halides is 3. The van der Waals surface area contributed by atoms with E-state index in [9.17, 15) is 13.2 Å². The first-order chi connectivity index (χ1) is 9.45. The minimum Gasteiger partial charge on any atom is -0.272 e. The second-order valence-electron chi connectivity index (χ2n) is 4.33. The van der Waals surface area contributed by atoms with Gasteiger partial charge >= 0.3 is 6.18 Å². The van der Waals surface area contributed by atoms with Gasteiger partial charge in [0, 0.05) is 18.3 Å². The summed E-state index contributed by atoms with van der Waals surface area (Å²) in [5, 5.41) is 13.0. The van der Waals surface area contributed by atoms with Crippen LogP contribution in [0.25, 0.3) is 11.3 Å². The van der Waals surface area contributed by atoms with Crippen LogP contribution in [0, 0.1) is 11.3 Å². The predicted octanol–water partition coefficient (Wildman–Crippen LogP) is 3.85. The molecule has 0 N–H and O–H groups in total. The zero-order valence-corrected chi connectivity index (χ0v) is 10.8. The SMILES string of the molecule is CCCn1ccc(-c2ccc(C#N)c(C(F)(F)F)c2)n1. The smallest absolute Gasteiger partial charge is 0.272 e. The molecule has 0 fully saturated rings. The van der Waals surface area contributed by atoms with Gasteiger partial charge < -0.3 is 0 Å². The third-order valence-electron chi connectivity index (χ3n) is 2.83. The Kier molecular flexibility index (Phi) is 3.79. The average molecular weight is 279 g/mol. The Morgan fingerprint density at radius 1 is 1.30 bits per heavy atom. The van der Waals surface area contributed by atoms with Gasteiger partial charge in [-0.25, -0.2) is 0 Å². The molecule has 0 amide bonds. The highest BCUT2D eigenvalue weighted by atomic mass is 19.4. The third-order valence-corrected chi connectivity index (χ3v) is 2.83. The minimum atomic E-state index is -4.55. The molecule has 2 rings (SSSR count). The fraction of sp³-hybridized carbons (Fsp3) is 0.286. The van der Waals surface area contributed by atoms with E-state index in [2.05, 4.69) is 5.10 Å². The van der Waals surface area contributed by atoms with Crippen LogP contribution < -0.4 is 0 Å². The molecule has 0 aliphatic rings. The molecule has 3 nitrogen and oxygen atoms in total. The van der Waals surface area contributed by atoms with Gasteiger partial charge in [0.1, 0.15) is 0 Å². The molecule has 0 saturated carbocycles. The van der Waals surface area contributed by atoms with Crippen molar-refractivity contribution in [2.75, 3.05) is 0 Å². The normalized spacial score (nSPS) is 11.3. The summed E-state index contributed by atoms with van der Waals surface area (Å²) in [6.45, 7) is 2.70. The van der Waals surface area contributed by atoms with Gasteiger partial charge in [-0.3, -0.25) is 4.68 Å². The van der Waals surface area contributed by atoms with Crippen molar-refractivity contribution in [1.82, 2.24) is 9.78 Å². The van der Waals surface area contributed by atoms with Crippen LogP contribution in [0.3, 0.4) is 0 Å². The molecule has 6 heteroatoms. The van der Waals surface area contributed by atoms with Gasteiger partial charge in [0.25, 0.3) is 0 Å². The minimum absolute atomic E-state index is 0.353. The second-order valence-corrected chi connectivity index (χ2v) is 4.33. The van der Waals surface area contributed by atoms with E-state index in [-0.39, 0.29) is 5.56 Å². The second kappa shape index (κ2) is 5.37. The van der Waals surface area contributed by atoms with Crippen molar-refractivity contribution in [3.05, 3.63) is 41.6 Å². The molecule has 0 atom stereocenters. The van der Waals surface area contributed by atoms with E-state index < -0.39 is 11.7 Å². The van der Waals surface area contributed by atoms with Crippen molar-refractivity contribution in [3.63, 3.8) is 0 Å². The van der Waals surface area contributed by atoms with E-state index in [0.29, 0.717) is 17.8 Å². The summed E-state index contributed by atoms with van der Waals surface area (Å²) in [6, 6.07) is 6.85. The topological polar surface area (TPSA) is 41.6 Å². The van der Waals surface area contributed by atoms with Crippen molar-refractivity contribution >= 4 is 0 Å². The van der Waals surface area contributed by atoms with Crippen LogP contribution in [0.5, 0.6) is 0 Å². The van der Waals surface area contributed by atoms with Crippen LogP contribution in [-0.4, -0.2) is 9.78 Å². The van der Waals surface area contributed by atoms with Gasteiger partial charge in [-0.15, -0.1) is 0 Å². The number of hydrogen-bond acceptors (Lipinski definition) is 2. The molecule has 0 spiro atoms. The van der Waals surface area contributed by atoms with Crippen molar-refractivity contribution in [2.45, 2.75) is 26.1 Å². The molecule has 0 bridgehead atoms. The maximum atomic E-state index is 12.9. The van der Waals surface area contributed by atoms with Gasteiger partial charge in [-0.2, -0.15) is 23.5 Å². The van der Waals surface area contributed by atoms with Crippen molar-refractivity contribution < 1.29 is 13.2 Å². The molecule has 1 aromatic carbocycles. The summed E-state index contributed by atoms with van der Waals surface area (Å²) in [5.41, 5.74) is -0.489. The molecule has 20 heavy (non-hydrogen) atoms. The van der Waals surface area contributed by atoms with Crippen LogP contribution in [0.4, 0.5) is 13.2 Å². The highest BCUT2D eigenvalue weighted by Crippen LogP contribution is 2.34. The summed E-state index contributed by atoms with van der Waals surface area (Å²) in [7, 11) is 0. The molecule has 1 heterocycles. The van der Waals surface area contributed by atoms with E-state index in [4.69, 9.17) is 5.26 Å². The first-order valence-electron chi connectivity index (χ1n) is 6.11. The van der Waals surface area contributed by atoms with Crippen LogP contribution in [-0.2, 0) is 12.7 Å². The lowest BCUT2D eigenvalue weighted by Crippen LogP contribution is -2.08. The highest BCUT2D eigenvalue weighted by molar-refractivity contribution is 5.62. The van der Waals surface area contributed by atoms with E-state index in [0.717, 1.165) is 12.5 Å². The summed E-state index contributed by atoms with van der Waals surface area (Å²) in [5.74, 6) is 0. The van der Waals surface area contributed by atoms with Gasteiger partial charge in [0.15, 0.2) is 0 Å². The van der Waals surface area contributed by atoms with Crippen LogP contribution in [0.15, 0.2) is 30.5 Å². The first-order valence-corrected chi connectivity index (χ1v) is 6.11. The molecular weight excluding hydrogens is 267 g/mol. The molecule has 0 unspecified atom stereocenters. The number of nitriles is 1. The average Bonchev–Trinajstić information content (AvgIpc) is 2.86. The zero-order valence-electron chi connectivity index (χ0n) is 10.8. The molecule has 0 aliphatic carbocycles. The summed E-state index contributed by atoms with van der Waals surface area (Å²) in [6.07, 6.45) is -1.93. The Morgan fingerprint density at radius 2 is 2.05 bits per heavy atom. The maximum absolute atomic E-state index is 12.9. The van der Waals surface area contributed by atoms with Crippen LogP contribution in [0.1, 0.15) is 24.5 Å². The van der Waals surface area contributed by atoms with Crippen LogP contribution >= 0.6 is 0 Å². The Hall–Kier alpha value is -2.29. The number of halogens is 3. The standard InChI is InChI=1S/C14H12F3N3/c1-2-6-20-7-5-13(19-20)10-3-4-11(9-18)12(8-10)14(15,16)17/h3-5,7-8H,2,6H2,1H3. The summed E-state index contributed by atoms with van der Waals surface area (Å²) < 4.78 is 40.3. The maximum Gasteiger partial charge on any atom is 0.417 e. The lowest BCUT2D eigenvalue weighted by molar-refractivity contribution is -0.137. The Morgan fingerprint density at radius 3 is 2.65 bits per heavy atom. The zero-order chi connectivity index (χ0) is 14.8. The number of benzene rings is 1. The predicted molar refractivity (Wildman–Crippen MR) is 67.7 cm³/mol. The van der Waals surface area contributed by atoms with Gasteiger partial charge in [0.05, 0.1) is 22.9 Å². The van der Waals surface area contributed by atoms with Crippen molar-refractivity contribution in [3.8, 4) is 17.3 Å². The quantitative estimate of drug-likeness (QED) is 0.856. The molecule has 1 aromatic heterocycles. The third kappa shape index (κ3) is 2.82. The summed E-state index contributed by atoms with van der Waals surface area (Å²) >= 11 is 0. The summed E-state index contributed by atoms with van der Waals surface area (Å²) in [4.78, 5) is 0. The van der Waals surface area contributed by atoms with Crippen molar-refractivity contribution in [1.29, 1.82) is 5.26 Å². The Balaban J connectivity index is 2.45. The van der Waals surface area contributed by atoms with E-state index in [1.807, 2.05) is 6.92 Å². The van der Waals surface area contributed by atoms with Gasteiger partial charge in [-0.1, -0.05) is 13.0 Å². The van der Waals surface area contributed by atoms with E-state index >= 15 is 0 Å². The molecule has 0 radical (unpaired) electrons. The monoisotopic (exact) mass is 279 g/mol. The van der Waals surface area contributed by atoms with Crippen LogP contribution in [0.2, 0.25) is 0 Å². The molecule has 2 aromatic rings. The molecule has 0 aliphatic heterocycles. The lowest BCUT2D eigenvalue weighted by Gasteiger charge is -2.09. The number of rotatable bonds is 3. The Labute approximate surface area is 114 Å².